The summed E-state index contributed by atoms with van der Waals surface area (Å²) >= 11 is 0. The summed E-state index contributed by atoms with van der Waals surface area (Å²) in [6, 6.07) is 33.6. The van der Waals surface area contributed by atoms with Gasteiger partial charge >= 0.3 is 18.9 Å². The van der Waals surface area contributed by atoms with Gasteiger partial charge in [0.25, 0.3) is 0 Å². The van der Waals surface area contributed by atoms with E-state index in [-0.39, 0.29) is 18.9 Å². The van der Waals surface area contributed by atoms with Gasteiger partial charge in [0.15, 0.2) is 0 Å². The zero-order chi connectivity index (χ0) is 17.6. The first kappa shape index (κ1) is 20.4. The smallest absolute Gasteiger partial charge is 0.328 e. The van der Waals surface area contributed by atoms with Gasteiger partial charge in [0.05, 0.1) is 0 Å². The van der Waals surface area contributed by atoms with Crippen molar-refractivity contribution in [1.29, 1.82) is 0 Å². The van der Waals surface area contributed by atoms with Crippen LogP contribution < -0.4 is 29.5 Å². The maximum absolute atomic E-state index is 2.49. The van der Waals surface area contributed by atoms with E-state index in [0.717, 1.165) is 5.92 Å². The molecule has 0 amide bonds. The van der Waals surface area contributed by atoms with Crippen LogP contribution in [-0.4, -0.2) is 0 Å². The van der Waals surface area contributed by atoms with Crippen molar-refractivity contribution in [3.8, 4) is 0 Å². The summed E-state index contributed by atoms with van der Waals surface area (Å²) in [5.74, 6) is 0.831. The third-order valence-electron chi connectivity index (χ3n) is 5.40. The first-order chi connectivity index (χ1) is 12.9. The molecule has 0 radical (unpaired) electrons. The molecule has 0 N–H and O–H groups in total. The molecule has 3 aromatic rings. The van der Waals surface area contributed by atoms with Gasteiger partial charge in [-0.25, -0.2) is 0 Å². The SMILES string of the molecule is [Li+].c1ccc([C@@H](CC2C[CH-]CC2)P(c2ccccc2)c2ccccc2)cc1. The fraction of sp³-hybridized carbons (Fsp3) is 0.240. The van der Waals surface area contributed by atoms with Crippen LogP contribution in [0.5, 0.6) is 0 Å². The van der Waals surface area contributed by atoms with Crippen molar-refractivity contribution in [2.75, 3.05) is 0 Å². The molecule has 132 valence electrons. The molecule has 1 aliphatic rings. The van der Waals surface area contributed by atoms with Gasteiger partial charge in [-0.2, -0.15) is 12.8 Å². The maximum atomic E-state index is 2.49. The number of hydrogen-bond acceptors (Lipinski definition) is 0. The summed E-state index contributed by atoms with van der Waals surface area (Å²) in [4.78, 5) is 0. The second-order valence-corrected chi connectivity index (χ2v) is 9.57. The van der Waals surface area contributed by atoms with E-state index in [4.69, 9.17) is 0 Å². The normalized spacial score (nSPS) is 17.4. The summed E-state index contributed by atoms with van der Waals surface area (Å²) in [7, 11) is -0.421. The standard InChI is InChI=1S/C25H26P.Li/c1-4-14-22(15-5-1)25(20-21-12-10-11-13-21)26(23-16-6-2-7-17-23)24-18-8-3-9-19-24;/h1-10,14-19,21,25H,11-13,20H2;/q-1;+1/t21?,25-;/m1./s1. The second kappa shape index (κ2) is 10.3. The van der Waals surface area contributed by atoms with Crippen LogP contribution in [0.25, 0.3) is 0 Å². The van der Waals surface area contributed by atoms with Crippen LogP contribution in [0.4, 0.5) is 0 Å². The molecule has 1 fully saturated rings. The molecule has 4 rings (SSSR count). The Kier molecular flexibility index (Phi) is 7.78. The van der Waals surface area contributed by atoms with E-state index >= 15 is 0 Å². The van der Waals surface area contributed by atoms with Crippen molar-refractivity contribution in [2.24, 2.45) is 5.92 Å². The van der Waals surface area contributed by atoms with E-state index in [1.807, 2.05) is 0 Å². The van der Waals surface area contributed by atoms with Crippen LogP contribution in [-0.2, 0) is 0 Å². The monoisotopic (exact) mass is 364 g/mol. The van der Waals surface area contributed by atoms with Gasteiger partial charge < -0.3 is 6.42 Å². The van der Waals surface area contributed by atoms with E-state index < -0.39 is 7.92 Å². The maximum Gasteiger partial charge on any atom is 1.00 e. The summed E-state index contributed by atoms with van der Waals surface area (Å²) in [6.07, 6.45) is 7.71. The molecule has 1 saturated carbocycles. The van der Waals surface area contributed by atoms with Gasteiger partial charge in [0.2, 0.25) is 0 Å². The largest absolute Gasteiger partial charge is 1.00 e. The van der Waals surface area contributed by atoms with E-state index in [2.05, 4.69) is 97.4 Å². The number of hydrogen-bond donors (Lipinski definition) is 0. The fourth-order valence-electron chi connectivity index (χ4n) is 4.11. The molecule has 0 saturated heterocycles. The van der Waals surface area contributed by atoms with Crippen molar-refractivity contribution in [3.05, 3.63) is 103 Å². The van der Waals surface area contributed by atoms with E-state index in [1.165, 1.54) is 41.9 Å². The predicted octanol–water partition coefficient (Wildman–Crippen LogP) is 3.26. The summed E-state index contributed by atoms with van der Waals surface area (Å²) in [5.41, 5.74) is 2.07. The van der Waals surface area contributed by atoms with Gasteiger partial charge in [-0.3, -0.25) is 0 Å². The Balaban J connectivity index is 0.00000210. The molecule has 3 aromatic carbocycles. The Bertz CT molecular complexity index is 743. The Morgan fingerprint density at radius 1 is 0.778 bits per heavy atom. The van der Waals surface area contributed by atoms with E-state index in [0.29, 0.717) is 5.66 Å². The minimum atomic E-state index is -0.421. The Morgan fingerprint density at radius 2 is 1.30 bits per heavy atom. The van der Waals surface area contributed by atoms with Gasteiger partial charge in [0, 0.05) is 5.66 Å². The summed E-state index contributed by atoms with van der Waals surface area (Å²) in [5, 5.41) is 2.98. The molecule has 0 aliphatic heterocycles. The molecular weight excluding hydrogens is 338 g/mol. The van der Waals surface area contributed by atoms with E-state index in [1.54, 1.807) is 0 Å². The quantitative estimate of drug-likeness (QED) is 0.358. The molecule has 1 unspecified atom stereocenters. The Labute approximate surface area is 177 Å². The van der Waals surface area contributed by atoms with Gasteiger partial charge in [-0.05, 0) is 30.5 Å². The molecule has 2 heteroatoms. The van der Waals surface area contributed by atoms with Crippen LogP contribution in [0.2, 0.25) is 0 Å². The van der Waals surface area contributed by atoms with Gasteiger partial charge in [0.1, 0.15) is 0 Å². The molecular formula is C25H26LiP. The fourth-order valence-corrected chi connectivity index (χ4v) is 7.09. The van der Waals surface area contributed by atoms with Crippen molar-refractivity contribution in [1.82, 2.24) is 0 Å². The Morgan fingerprint density at radius 3 is 1.78 bits per heavy atom. The van der Waals surface area contributed by atoms with Crippen LogP contribution in [0.15, 0.2) is 91.0 Å². The predicted molar refractivity (Wildman–Crippen MR) is 115 cm³/mol. The minimum Gasteiger partial charge on any atom is -0.328 e. The molecule has 0 bridgehead atoms. The first-order valence-corrected chi connectivity index (χ1v) is 11.1. The third kappa shape index (κ3) is 5.15. The van der Waals surface area contributed by atoms with Crippen molar-refractivity contribution in [3.63, 3.8) is 0 Å². The summed E-state index contributed by atoms with van der Waals surface area (Å²) in [6.45, 7) is 0. The number of benzene rings is 3. The molecule has 27 heavy (non-hydrogen) atoms. The van der Waals surface area contributed by atoms with Crippen LogP contribution in [0.3, 0.4) is 0 Å². The van der Waals surface area contributed by atoms with Crippen LogP contribution in [0, 0.1) is 12.3 Å². The second-order valence-electron chi connectivity index (χ2n) is 7.17. The first-order valence-electron chi connectivity index (χ1n) is 9.68. The topological polar surface area (TPSA) is 0 Å². The zero-order valence-corrected chi connectivity index (χ0v) is 17.1. The summed E-state index contributed by atoms with van der Waals surface area (Å²) < 4.78 is 0. The van der Waals surface area contributed by atoms with Gasteiger partial charge in [-0.15, -0.1) is 0 Å². The van der Waals surface area contributed by atoms with Crippen LogP contribution >= 0.6 is 7.92 Å². The molecule has 2 atom stereocenters. The average molecular weight is 364 g/mol. The van der Waals surface area contributed by atoms with Crippen molar-refractivity contribution < 1.29 is 18.9 Å². The molecule has 0 heterocycles. The van der Waals surface area contributed by atoms with Crippen molar-refractivity contribution in [2.45, 2.75) is 31.3 Å². The molecule has 1 aliphatic carbocycles. The third-order valence-corrected chi connectivity index (χ3v) is 8.24. The van der Waals surface area contributed by atoms with Gasteiger partial charge in [-0.1, -0.05) is 103 Å². The number of rotatable bonds is 6. The van der Waals surface area contributed by atoms with Crippen LogP contribution in [0.1, 0.15) is 36.9 Å². The Hall–Kier alpha value is -1.31. The molecule has 0 nitrogen and oxygen atoms in total. The van der Waals surface area contributed by atoms with Crippen molar-refractivity contribution >= 4 is 18.5 Å². The average Bonchev–Trinajstić information content (AvgIpc) is 3.23. The van der Waals surface area contributed by atoms with E-state index in [9.17, 15) is 0 Å². The molecule has 0 aromatic heterocycles. The zero-order valence-electron chi connectivity index (χ0n) is 16.2. The molecule has 0 spiro atoms. The minimum absolute atomic E-state index is 0.